The van der Waals surface area contributed by atoms with Crippen molar-refractivity contribution in [3.8, 4) is 0 Å². The van der Waals surface area contributed by atoms with E-state index in [4.69, 9.17) is 0 Å². The molecule has 2 aromatic rings. The van der Waals surface area contributed by atoms with Crippen molar-refractivity contribution in [2.45, 2.75) is 37.5 Å². The molecule has 0 N–H and O–H groups in total. The Balaban J connectivity index is 0.00000200. The van der Waals surface area contributed by atoms with Crippen LogP contribution in [0.3, 0.4) is 0 Å². The molecule has 0 saturated carbocycles. The number of aryl methyl sites for hydroxylation is 1. The fraction of sp³-hybridized carbons (Fsp3) is 0.333. The fourth-order valence-corrected chi connectivity index (χ4v) is 3.01. The van der Waals surface area contributed by atoms with E-state index in [-0.39, 0.29) is 34.5 Å². The Morgan fingerprint density at radius 1 is 1.05 bits per heavy atom. The molecular formula is C15H17NaO3S. The number of fused-ring (bicyclic) bond motifs is 1. The normalized spacial score (nSPS) is 11.3. The van der Waals surface area contributed by atoms with Gasteiger partial charge in [0.15, 0.2) is 0 Å². The van der Waals surface area contributed by atoms with E-state index in [0.717, 1.165) is 30.0 Å². The van der Waals surface area contributed by atoms with Crippen molar-refractivity contribution in [2.24, 2.45) is 0 Å². The van der Waals surface area contributed by atoms with Crippen LogP contribution in [0.15, 0.2) is 41.3 Å². The van der Waals surface area contributed by atoms with Crippen LogP contribution in [0.5, 0.6) is 0 Å². The third kappa shape index (κ3) is 4.30. The van der Waals surface area contributed by atoms with Gasteiger partial charge in [-0.2, -0.15) is 0 Å². The van der Waals surface area contributed by atoms with Crippen molar-refractivity contribution in [1.82, 2.24) is 0 Å². The van der Waals surface area contributed by atoms with Gasteiger partial charge in [0, 0.05) is 0 Å². The largest absolute Gasteiger partial charge is 1.00 e. The molecule has 0 bridgehead atoms. The average Bonchev–Trinajstić information content (AvgIpc) is 2.37. The van der Waals surface area contributed by atoms with E-state index in [1.165, 1.54) is 6.07 Å². The van der Waals surface area contributed by atoms with Gasteiger partial charge in [0.25, 0.3) is 0 Å². The Hall–Kier alpha value is -0.390. The molecule has 0 saturated heterocycles. The molecule has 0 radical (unpaired) electrons. The van der Waals surface area contributed by atoms with E-state index in [1.807, 2.05) is 30.3 Å². The summed E-state index contributed by atoms with van der Waals surface area (Å²) in [4.78, 5) is -0.0673. The quantitative estimate of drug-likeness (QED) is 0.458. The summed E-state index contributed by atoms with van der Waals surface area (Å²) in [6.07, 6.45) is 3.63. The SMILES string of the molecule is CCCCCc1cc2ccccc2cc1S(=O)(=O)[O-].[Na+]. The van der Waals surface area contributed by atoms with Crippen LogP contribution < -0.4 is 29.6 Å². The molecule has 0 aromatic heterocycles. The Bertz CT molecular complexity index is 681. The second kappa shape index (κ2) is 7.57. The molecule has 5 heteroatoms. The molecule has 0 atom stereocenters. The Morgan fingerprint density at radius 3 is 2.20 bits per heavy atom. The van der Waals surface area contributed by atoms with Crippen LogP contribution in [0.2, 0.25) is 0 Å². The van der Waals surface area contributed by atoms with Gasteiger partial charge in [-0.1, -0.05) is 44.0 Å². The van der Waals surface area contributed by atoms with E-state index in [0.29, 0.717) is 12.0 Å². The first-order valence-corrected chi connectivity index (χ1v) is 7.91. The number of hydrogen-bond acceptors (Lipinski definition) is 3. The van der Waals surface area contributed by atoms with E-state index >= 15 is 0 Å². The smallest absolute Gasteiger partial charge is 0.744 e. The topological polar surface area (TPSA) is 57.2 Å². The summed E-state index contributed by atoms with van der Waals surface area (Å²) in [6, 6.07) is 10.8. The van der Waals surface area contributed by atoms with E-state index in [2.05, 4.69) is 6.92 Å². The standard InChI is InChI=1S/C15H18O3S.Na/c1-2-3-4-9-14-10-12-7-5-6-8-13(12)11-15(14)19(16,17)18;/h5-8,10-11H,2-4,9H2,1H3,(H,16,17,18);/q;+1/p-1. The van der Waals surface area contributed by atoms with Gasteiger partial charge in [-0.15, -0.1) is 0 Å². The minimum absolute atomic E-state index is 0. The first-order valence-electron chi connectivity index (χ1n) is 6.50. The maximum atomic E-state index is 11.4. The van der Waals surface area contributed by atoms with Gasteiger partial charge in [-0.3, -0.25) is 0 Å². The number of benzene rings is 2. The molecule has 0 aliphatic rings. The van der Waals surface area contributed by atoms with E-state index in [1.54, 1.807) is 0 Å². The molecule has 0 unspecified atom stereocenters. The van der Waals surface area contributed by atoms with Crippen LogP contribution in [0.1, 0.15) is 31.7 Å². The molecule has 102 valence electrons. The first-order chi connectivity index (χ1) is 9.02. The summed E-state index contributed by atoms with van der Waals surface area (Å²) in [5.74, 6) is 0. The summed E-state index contributed by atoms with van der Waals surface area (Å²) in [6.45, 7) is 2.09. The Morgan fingerprint density at radius 2 is 1.65 bits per heavy atom. The molecule has 0 spiro atoms. The van der Waals surface area contributed by atoms with Gasteiger partial charge >= 0.3 is 29.6 Å². The van der Waals surface area contributed by atoms with Crippen molar-refractivity contribution in [2.75, 3.05) is 0 Å². The van der Waals surface area contributed by atoms with Crippen molar-refractivity contribution in [3.05, 3.63) is 42.0 Å². The second-order valence-electron chi connectivity index (χ2n) is 4.72. The predicted octanol–water partition coefficient (Wildman–Crippen LogP) is 0.481. The molecule has 0 aliphatic heterocycles. The zero-order valence-electron chi connectivity index (χ0n) is 11.9. The van der Waals surface area contributed by atoms with Gasteiger partial charge in [-0.05, 0) is 41.3 Å². The Kier molecular flexibility index (Phi) is 6.69. The summed E-state index contributed by atoms with van der Waals surface area (Å²) in [7, 11) is -4.41. The van der Waals surface area contributed by atoms with Crippen LogP contribution in [0.4, 0.5) is 0 Å². The van der Waals surface area contributed by atoms with Crippen molar-refractivity contribution < 1.29 is 42.5 Å². The molecule has 0 aliphatic carbocycles. The zero-order chi connectivity index (χ0) is 13.9. The van der Waals surface area contributed by atoms with Crippen LogP contribution in [-0.2, 0) is 16.5 Å². The average molecular weight is 300 g/mol. The van der Waals surface area contributed by atoms with Crippen LogP contribution in [-0.4, -0.2) is 13.0 Å². The van der Waals surface area contributed by atoms with E-state index < -0.39 is 10.1 Å². The number of hydrogen-bond donors (Lipinski definition) is 0. The number of unbranched alkanes of at least 4 members (excludes halogenated alkanes) is 2. The third-order valence-corrected chi connectivity index (χ3v) is 4.17. The molecule has 0 heterocycles. The first kappa shape index (κ1) is 17.7. The minimum Gasteiger partial charge on any atom is -0.744 e. The second-order valence-corrected chi connectivity index (χ2v) is 6.07. The zero-order valence-corrected chi connectivity index (χ0v) is 14.7. The molecule has 0 fully saturated rings. The maximum Gasteiger partial charge on any atom is 1.00 e. The van der Waals surface area contributed by atoms with Crippen molar-refractivity contribution >= 4 is 20.9 Å². The monoisotopic (exact) mass is 300 g/mol. The summed E-state index contributed by atoms with van der Waals surface area (Å²) < 4.78 is 34.1. The summed E-state index contributed by atoms with van der Waals surface area (Å²) in [5.41, 5.74) is 0.641. The van der Waals surface area contributed by atoms with E-state index in [9.17, 15) is 13.0 Å². The molecule has 3 nitrogen and oxygen atoms in total. The Labute approximate surface area is 142 Å². The van der Waals surface area contributed by atoms with Gasteiger partial charge in [-0.25, -0.2) is 8.42 Å². The third-order valence-electron chi connectivity index (χ3n) is 3.25. The molecular weight excluding hydrogens is 283 g/mol. The minimum atomic E-state index is -4.41. The molecule has 0 amide bonds. The summed E-state index contributed by atoms with van der Waals surface area (Å²) >= 11 is 0. The molecule has 2 rings (SSSR count). The van der Waals surface area contributed by atoms with Gasteiger partial charge in [0.1, 0.15) is 10.1 Å². The van der Waals surface area contributed by atoms with Crippen molar-refractivity contribution in [1.29, 1.82) is 0 Å². The van der Waals surface area contributed by atoms with Crippen LogP contribution in [0, 0.1) is 0 Å². The molecule has 20 heavy (non-hydrogen) atoms. The molecule has 2 aromatic carbocycles. The van der Waals surface area contributed by atoms with Crippen LogP contribution in [0.25, 0.3) is 10.8 Å². The van der Waals surface area contributed by atoms with Gasteiger partial charge in [0.05, 0.1) is 4.90 Å². The van der Waals surface area contributed by atoms with Gasteiger partial charge in [0.2, 0.25) is 0 Å². The number of rotatable bonds is 5. The maximum absolute atomic E-state index is 11.4. The fourth-order valence-electron chi connectivity index (χ4n) is 2.26. The predicted molar refractivity (Wildman–Crippen MR) is 75.1 cm³/mol. The van der Waals surface area contributed by atoms with Crippen LogP contribution >= 0.6 is 0 Å². The van der Waals surface area contributed by atoms with Crippen molar-refractivity contribution in [3.63, 3.8) is 0 Å². The van der Waals surface area contributed by atoms with Gasteiger partial charge < -0.3 is 4.55 Å². The summed E-state index contributed by atoms with van der Waals surface area (Å²) in [5, 5.41) is 1.76.